The molecule has 0 aromatic carbocycles. The third-order valence-corrected chi connectivity index (χ3v) is 5.45. The number of sulfone groups is 1. The molecule has 0 radical (unpaired) electrons. The summed E-state index contributed by atoms with van der Waals surface area (Å²) in [5.74, 6) is -0.552. The second kappa shape index (κ2) is 4.94. The van der Waals surface area contributed by atoms with Crippen LogP contribution in [0.4, 0.5) is 0 Å². The Balaban J connectivity index is 2.73. The highest BCUT2D eigenvalue weighted by molar-refractivity contribution is 7.91. The number of carboxylic acid groups (broad SMARTS) is 1. The summed E-state index contributed by atoms with van der Waals surface area (Å²) in [6.07, 6.45) is 0.540. The molecule has 0 aliphatic carbocycles. The van der Waals surface area contributed by atoms with Crippen LogP contribution in [0.3, 0.4) is 0 Å². The smallest absolute Gasteiger partial charge is 0.310 e. The van der Waals surface area contributed by atoms with Crippen molar-refractivity contribution in [3.63, 3.8) is 0 Å². The fraction of sp³-hybridized carbons (Fsp3) is 0.909. The summed E-state index contributed by atoms with van der Waals surface area (Å²) in [6, 6.07) is -0.0982. The molecule has 1 rings (SSSR count). The van der Waals surface area contributed by atoms with Crippen molar-refractivity contribution in [2.24, 2.45) is 5.41 Å². The highest BCUT2D eigenvalue weighted by Gasteiger charge is 2.37. The molecule has 6 heteroatoms. The first kappa shape index (κ1) is 14.4. The van der Waals surface area contributed by atoms with E-state index in [1.807, 2.05) is 18.7 Å². The first-order valence-electron chi connectivity index (χ1n) is 5.88. The quantitative estimate of drug-likeness (QED) is 0.804. The zero-order chi connectivity index (χ0) is 13.3. The lowest BCUT2D eigenvalue weighted by atomic mass is 9.86. The van der Waals surface area contributed by atoms with Gasteiger partial charge in [-0.25, -0.2) is 8.42 Å². The van der Waals surface area contributed by atoms with Gasteiger partial charge in [0.2, 0.25) is 0 Å². The fourth-order valence-corrected chi connectivity index (χ4v) is 3.67. The number of rotatable bonds is 4. The molecule has 1 saturated heterocycles. The van der Waals surface area contributed by atoms with Crippen LogP contribution in [0, 0.1) is 5.41 Å². The number of carbonyl (C=O) groups is 1. The van der Waals surface area contributed by atoms with E-state index in [4.69, 9.17) is 0 Å². The largest absolute Gasteiger partial charge is 0.481 e. The van der Waals surface area contributed by atoms with Crippen LogP contribution in [-0.2, 0) is 14.6 Å². The standard InChI is InChI=1S/C11H21NO4S/c1-4-11(3,10(13)14)8-12-5-6-17(15,16)7-9(12)2/h9H,4-8H2,1-3H3,(H,13,14). The first-order chi connectivity index (χ1) is 7.70. The predicted octanol–water partition coefficient (Wildman–Crippen LogP) is 0.606. The van der Waals surface area contributed by atoms with Crippen LogP contribution in [0.2, 0.25) is 0 Å². The highest BCUT2D eigenvalue weighted by Crippen LogP contribution is 2.25. The van der Waals surface area contributed by atoms with Crippen molar-refractivity contribution in [2.75, 3.05) is 24.6 Å². The summed E-state index contributed by atoms with van der Waals surface area (Å²) < 4.78 is 22.9. The molecule has 1 aliphatic rings. The molecule has 2 atom stereocenters. The summed E-state index contributed by atoms with van der Waals surface area (Å²) in [6.45, 7) is 6.25. The van der Waals surface area contributed by atoms with Gasteiger partial charge in [-0.1, -0.05) is 6.92 Å². The molecule has 1 heterocycles. The molecule has 0 spiro atoms. The van der Waals surface area contributed by atoms with E-state index in [1.165, 1.54) is 0 Å². The van der Waals surface area contributed by atoms with Crippen molar-refractivity contribution >= 4 is 15.8 Å². The zero-order valence-electron chi connectivity index (χ0n) is 10.6. The Morgan fingerprint density at radius 1 is 1.53 bits per heavy atom. The number of hydrogen-bond acceptors (Lipinski definition) is 4. The third kappa shape index (κ3) is 3.42. The molecule has 0 aromatic rings. The molecule has 1 N–H and O–H groups in total. The number of nitrogens with zero attached hydrogens (tertiary/aromatic N) is 1. The Kier molecular flexibility index (Phi) is 4.19. The van der Waals surface area contributed by atoms with E-state index in [1.54, 1.807) is 6.92 Å². The van der Waals surface area contributed by atoms with Crippen LogP contribution >= 0.6 is 0 Å². The second-order valence-corrected chi connectivity index (χ2v) is 7.38. The molecular weight excluding hydrogens is 242 g/mol. The summed E-state index contributed by atoms with van der Waals surface area (Å²) in [7, 11) is -2.94. The van der Waals surface area contributed by atoms with E-state index in [9.17, 15) is 18.3 Å². The van der Waals surface area contributed by atoms with E-state index >= 15 is 0 Å². The van der Waals surface area contributed by atoms with E-state index in [0.29, 0.717) is 19.5 Å². The van der Waals surface area contributed by atoms with E-state index < -0.39 is 21.2 Å². The Hall–Kier alpha value is -0.620. The summed E-state index contributed by atoms with van der Waals surface area (Å²) >= 11 is 0. The summed E-state index contributed by atoms with van der Waals surface area (Å²) in [4.78, 5) is 13.2. The number of hydrogen-bond donors (Lipinski definition) is 1. The predicted molar refractivity (Wildman–Crippen MR) is 65.7 cm³/mol. The minimum absolute atomic E-state index is 0.0982. The molecule has 1 fully saturated rings. The molecule has 100 valence electrons. The molecule has 5 nitrogen and oxygen atoms in total. The molecule has 2 unspecified atom stereocenters. The minimum Gasteiger partial charge on any atom is -0.481 e. The minimum atomic E-state index is -2.94. The average molecular weight is 263 g/mol. The van der Waals surface area contributed by atoms with Crippen LogP contribution in [0.5, 0.6) is 0 Å². The molecule has 0 saturated carbocycles. The Morgan fingerprint density at radius 2 is 2.12 bits per heavy atom. The van der Waals surface area contributed by atoms with E-state index in [0.717, 1.165) is 0 Å². The highest BCUT2D eigenvalue weighted by atomic mass is 32.2. The van der Waals surface area contributed by atoms with Crippen molar-refractivity contribution in [3.05, 3.63) is 0 Å². The van der Waals surface area contributed by atoms with Gasteiger partial charge >= 0.3 is 5.97 Å². The lowest BCUT2D eigenvalue weighted by Crippen LogP contribution is -2.52. The normalized spacial score (nSPS) is 28.5. The molecule has 17 heavy (non-hydrogen) atoms. The molecule has 0 amide bonds. The maximum atomic E-state index is 11.4. The van der Waals surface area contributed by atoms with Crippen LogP contribution < -0.4 is 0 Å². The van der Waals surface area contributed by atoms with Gasteiger partial charge < -0.3 is 5.11 Å². The number of aliphatic carboxylic acids is 1. The van der Waals surface area contributed by atoms with Crippen molar-refractivity contribution in [3.8, 4) is 0 Å². The molecule has 1 aliphatic heterocycles. The van der Waals surface area contributed by atoms with E-state index in [2.05, 4.69) is 0 Å². The number of carboxylic acids is 1. The molecule has 0 bridgehead atoms. The van der Waals surface area contributed by atoms with Crippen LogP contribution in [0.15, 0.2) is 0 Å². The zero-order valence-corrected chi connectivity index (χ0v) is 11.5. The lowest BCUT2D eigenvalue weighted by molar-refractivity contribution is -0.149. The van der Waals surface area contributed by atoms with Crippen molar-refractivity contribution < 1.29 is 18.3 Å². The van der Waals surface area contributed by atoms with Gasteiger partial charge in [-0.05, 0) is 20.3 Å². The van der Waals surface area contributed by atoms with Gasteiger partial charge in [-0.2, -0.15) is 0 Å². The van der Waals surface area contributed by atoms with Gasteiger partial charge in [0.25, 0.3) is 0 Å². The van der Waals surface area contributed by atoms with Crippen LogP contribution in [0.1, 0.15) is 27.2 Å². The van der Waals surface area contributed by atoms with Gasteiger partial charge in [0.05, 0.1) is 16.9 Å². The Morgan fingerprint density at radius 3 is 2.53 bits per heavy atom. The third-order valence-electron chi connectivity index (χ3n) is 3.66. The van der Waals surface area contributed by atoms with Gasteiger partial charge in [0.1, 0.15) is 0 Å². The molecule has 0 aromatic heterocycles. The van der Waals surface area contributed by atoms with Crippen molar-refractivity contribution in [2.45, 2.75) is 33.2 Å². The van der Waals surface area contributed by atoms with Crippen LogP contribution in [0.25, 0.3) is 0 Å². The second-order valence-electron chi connectivity index (χ2n) is 5.15. The maximum absolute atomic E-state index is 11.4. The molecular formula is C11H21NO4S. The topological polar surface area (TPSA) is 74.7 Å². The van der Waals surface area contributed by atoms with Gasteiger partial charge in [-0.15, -0.1) is 0 Å². The summed E-state index contributed by atoms with van der Waals surface area (Å²) in [5.41, 5.74) is -0.796. The van der Waals surface area contributed by atoms with Crippen molar-refractivity contribution in [1.29, 1.82) is 0 Å². The van der Waals surface area contributed by atoms with Gasteiger partial charge in [0.15, 0.2) is 9.84 Å². The average Bonchev–Trinajstić information content (AvgIpc) is 2.21. The SMILES string of the molecule is CCC(C)(CN1CCS(=O)(=O)CC1C)C(=O)O. The fourth-order valence-electron chi connectivity index (χ4n) is 2.05. The Labute approximate surface area is 103 Å². The Bertz CT molecular complexity index is 392. The first-order valence-corrected chi connectivity index (χ1v) is 7.70. The monoisotopic (exact) mass is 263 g/mol. The maximum Gasteiger partial charge on any atom is 0.310 e. The van der Waals surface area contributed by atoms with Crippen LogP contribution in [-0.4, -0.2) is 55.0 Å². The van der Waals surface area contributed by atoms with Gasteiger partial charge in [-0.3, -0.25) is 9.69 Å². The summed E-state index contributed by atoms with van der Waals surface area (Å²) in [5, 5.41) is 9.21. The van der Waals surface area contributed by atoms with Gasteiger partial charge in [0, 0.05) is 19.1 Å². The lowest BCUT2D eigenvalue weighted by Gasteiger charge is -2.38. The van der Waals surface area contributed by atoms with Crippen molar-refractivity contribution in [1.82, 2.24) is 4.90 Å². The van der Waals surface area contributed by atoms with E-state index in [-0.39, 0.29) is 17.5 Å².